The van der Waals surface area contributed by atoms with Gasteiger partial charge in [0, 0.05) is 23.7 Å². The minimum Gasteiger partial charge on any atom is -0.398 e. The van der Waals surface area contributed by atoms with Gasteiger partial charge in [0.15, 0.2) is 0 Å². The molecule has 1 fully saturated rings. The van der Waals surface area contributed by atoms with Crippen molar-refractivity contribution in [2.45, 2.75) is 44.2 Å². The topological polar surface area (TPSA) is 58.3 Å². The van der Waals surface area contributed by atoms with Crippen molar-refractivity contribution in [1.82, 2.24) is 5.32 Å². The van der Waals surface area contributed by atoms with Gasteiger partial charge in [-0.15, -0.1) is 11.3 Å². The molecule has 16 heavy (non-hydrogen) atoms. The van der Waals surface area contributed by atoms with E-state index in [9.17, 15) is 5.11 Å². The quantitative estimate of drug-likeness (QED) is 0.755. The molecule has 90 valence electrons. The fourth-order valence-electron chi connectivity index (χ4n) is 2.29. The Kier molecular flexibility index (Phi) is 3.84. The first kappa shape index (κ1) is 11.9. The molecule has 0 atom stereocenters. The zero-order chi connectivity index (χ0) is 11.4. The van der Waals surface area contributed by atoms with Crippen LogP contribution < -0.4 is 11.1 Å². The number of rotatable bonds is 4. The summed E-state index contributed by atoms with van der Waals surface area (Å²) in [7, 11) is 0. The third-order valence-corrected chi connectivity index (χ3v) is 4.24. The molecule has 0 unspecified atom stereocenters. The maximum absolute atomic E-state index is 10.3. The summed E-state index contributed by atoms with van der Waals surface area (Å²) in [6.45, 7) is 1.45. The van der Waals surface area contributed by atoms with E-state index in [1.165, 1.54) is 11.3 Å². The second-order valence-corrected chi connectivity index (χ2v) is 5.69. The van der Waals surface area contributed by atoms with Crippen LogP contribution in [0, 0.1) is 0 Å². The predicted molar refractivity (Wildman–Crippen MR) is 68.5 cm³/mol. The van der Waals surface area contributed by atoms with Crippen molar-refractivity contribution in [1.29, 1.82) is 0 Å². The molecule has 1 aliphatic rings. The maximum atomic E-state index is 10.3. The zero-order valence-electron chi connectivity index (χ0n) is 9.54. The van der Waals surface area contributed by atoms with E-state index in [1.807, 2.05) is 11.4 Å². The summed E-state index contributed by atoms with van der Waals surface area (Å²) in [5.41, 5.74) is 6.17. The van der Waals surface area contributed by atoms with E-state index in [0.717, 1.165) is 37.9 Å². The summed E-state index contributed by atoms with van der Waals surface area (Å²) in [6.07, 6.45) is 5.43. The number of nitrogens with one attached hydrogen (secondary N) is 1. The summed E-state index contributed by atoms with van der Waals surface area (Å²) >= 11 is 1.67. The molecule has 0 amide bonds. The Labute approximate surface area is 101 Å². The van der Waals surface area contributed by atoms with Crippen molar-refractivity contribution in [3.8, 4) is 0 Å². The normalized spacial score (nSPS) is 19.8. The molecular weight excluding hydrogens is 220 g/mol. The minimum absolute atomic E-state index is 0.482. The molecule has 0 radical (unpaired) electrons. The molecule has 1 aromatic heterocycles. The van der Waals surface area contributed by atoms with E-state index in [4.69, 9.17) is 5.73 Å². The summed E-state index contributed by atoms with van der Waals surface area (Å²) in [4.78, 5) is 1.17. The van der Waals surface area contributed by atoms with Crippen LogP contribution in [0.5, 0.6) is 0 Å². The summed E-state index contributed by atoms with van der Waals surface area (Å²) in [5.74, 6) is 0. The average Bonchev–Trinajstić information content (AvgIpc) is 2.65. The second kappa shape index (κ2) is 5.17. The van der Waals surface area contributed by atoms with Gasteiger partial charge in [0.2, 0.25) is 0 Å². The Morgan fingerprint density at radius 2 is 2.12 bits per heavy atom. The lowest BCUT2D eigenvalue weighted by Gasteiger charge is -2.32. The van der Waals surface area contributed by atoms with E-state index < -0.39 is 5.60 Å². The van der Waals surface area contributed by atoms with Crippen LogP contribution in [0.1, 0.15) is 37.0 Å². The molecule has 4 N–H and O–H groups in total. The third kappa shape index (κ3) is 2.97. The third-order valence-electron chi connectivity index (χ3n) is 3.30. The predicted octanol–water partition coefficient (Wildman–Crippen LogP) is 2.12. The summed E-state index contributed by atoms with van der Waals surface area (Å²) in [6, 6.07) is 1.93. The van der Waals surface area contributed by atoms with Gasteiger partial charge in [-0.1, -0.05) is 19.3 Å². The first-order valence-electron chi connectivity index (χ1n) is 5.95. The highest BCUT2D eigenvalue weighted by Crippen LogP contribution is 2.27. The van der Waals surface area contributed by atoms with Gasteiger partial charge < -0.3 is 16.2 Å². The number of anilines is 1. The highest BCUT2D eigenvalue weighted by atomic mass is 32.1. The summed E-state index contributed by atoms with van der Waals surface area (Å²) < 4.78 is 0. The van der Waals surface area contributed by atoms with Gasteiger partial charge in [0.05, 0.1) is 5.60 Å². The lowest BCUT2D eigenvalue weighted by Crippen LogP contribution is -2.41. The Balaban J connectivity index is 1.77. The number of hydrogen-bond donors (Lipinski definition) is 3. The largest absolute Gasteiger partial charge is 0.398 e. The van der Waals surface area contributed by atoms with Crippen LogP contribution in [0.25, 0.3) is 0 Å². The molecule has 0 saturated heterocycles. The van der Waals surface area contributed by atoms with Gasteiger partial charge >= 0.3 is 0 Å². The molecule has 0 spiro atoms. The second-order valence-electron chi connectivity index (χ2n) is 4.69. The van der Waals surface area contributed by atoms with Gasteiger partial charge in [-0.05, 0) is 24.3 Å². The highest BCUT2D eigenvalue weighted by Gasteiger charge is 2.28. The number of nitrogens with two attached hydrogens (primary N) is 1. The zero-order valence-corrected chi connectivity index (χ0v) is 10.4. The summed E-state index contributed by atoms with van der Waals surface area (Å²) in [5, 5.41) is 15.6. The number of aliphatic hydroxyl groups is 1. The van der Waals surface area contributed by atoms with Crippen molar-refractivity contribution in [3.63, 3.8) is 0 Å². The molecule has 0 bridgehead atoms. The van der Waals surface area contributed by atoms with Crippen LogP contribution in [-0.4, -0.2) is 17.3 Å². The minimum atomic E-state index is -0.482. The number of thiophene rings is 1. The standard InChI is InChI=1S/C12H20N2OS/c13-10-4-7-16-11(10)8-14-9-12(15)5-2-1-3-6-12/h4,7,14-15H,1-3,5-6,8-9,13H2. The number of hydrogen-bond acceptors (Lipinski definition) is 4. The van der Waals surface area contributed by atoms with Gasteiger partial charge in [-0.2, -0.15) is 0 Å². The lowest BCUT2D eigenvalue weighted by atomic mass is 9.85. The van der Waals surface area contributed by atoms with E-state index in [2.05, 4.69) is 5.32 Å². The molecule has 4 heteroatoms. The molecular formula is C12H20N2OS. The molecule has 1 heterocycles. The molecule has 0 aromatic carbocycles. The fourth-order valence-corrected chi connectivity index (χ4v) is 3.06. The van der Waals surface area contributed by atoms with Crippen LogP contribution in [0.3, 0.4) is 0 Å². The molecule has 3 nitrogen and oxygen atoms in total. The van der Waals surface area contributed by atoms with Gasteiger partial charge in [-0.25, -0.2) is 0 Å². The molecule has 1 aliphatic carbocycles. The van der Waals surface area contributed by atoms with Crippen molar-refractivity contribution >= 4 is 17.0 Å². The highest BCUT2D eigenvalue weighted by molar-refractivity contribution is 7.10. The van der Waals surface area contributed by atoms with Crippen LogP contribution in [-0.2, 0) is 6.54 Å². The molecule has 0 aliphatic heterocycles. The monoisotopic (exact) mass is 240 g/mol. The average molecular weight is 240 g/mol. The Morgan fingerprint density at radius 3 is 2.75 bits per heavy atom. The van der Waals surface area contributed by atoms with E-state index in [1.54, 1.807) is 11.3 Å². The van der Waals surface area contributed by atoms with E-state index >= 15 is 0 Å². The molecule has 1 saturated carbocycles. The number of nitrogen functional groups attached to an aromatic ring is 1. The van der Waals surface area contributed by atoms with Crippen LogP contribution >= 0.6 is 11.3 Å². The first-order chi connectivity index (χ1) is 7.70. The Morgan fingerprint density at radius 1 is 1.38 bits per heavy atom. The van der Waals surface area contributed by atoms with E-state index in [-0.39, 0.29) is 0 Å². The fraction of sp³-hybridized carbons (Fsp3) is 0.667. The SMILES string of the molecule is Nc1ccsc1CNCC1(O)CCCCC1. The smallest absolute Gasteiger partial charge is 0.0771 e. The molecule has 2 rings (SSSR count). The van der Waals surface area contributed by atoms with Gasteiger partial charge in [0.1, 0.15) is 0 Å². The molecule has 1 aromatic rings. The van der Waals surface area contributed by atoms with Crippen molar-refractivity contribution < 1.29 is 5.11 Å². The van der Waals surface area contributed by atoms with Gasteiger partial charge in [0.25, 0.3) is 0 Å². The van der Waals surface area contributed by atoms with Crippen LogP contribution in [0.2, 0.25) is 0 Å². The van der Waals surface area contributed by atoms with Crippen molar-refractivity contribution in [3.05, 3.63) is 16.3 Å². The Hall–Kier alpha value is -0.580. The van der Waals surface area contributed by atoms with E-state index in [0.29, 0.717) is 6.54 Å². The Bertz CT molecular complexity index is 332. The van der Waals surface area contributed by atoms with Crippen LogP contribution in [0.4, 0.5) is 5.69 Å². The van der Waals surface area contributed by atoms with Crippen molar-refractivity contribution in [2.24, 2.45) is 0 Å². The maximum Gasteiger partial charge on any atom is 0.0771 e. The van der Waals surface area contributed by atoms with Crippen LogP contribution in [0.15, 0.2) is 11.4 Å². The lowest BCUT2D eigenvalue weighted by molar-refractivity contribution is 0.00473. The van der Waals surface area contributed by atoms with Crippen molar-refractivity contribution in [2.75, 3.05) is 12.3 Å². The van der Waals surface area contributed by atoms with Gasteiger partial charge in [-0.3, -0.25) is 0 Å². The first-order valence-corrected chi connectivity index (χ1v) is 6.83.